The van der Waals surface area contributed by atoms with Crippen LogP contribution in [-0.4, -0.2) is 60.0 Å². The van der Waals surface area contributed by atoms with E-state index in [1.165, 1.54) is 16.8 Å². The number of hydrogen-bond acceptors (Lipinski definition) is 6. The zero-order chi connectivity index (χ0) is 20.8. The van der Waals surface area contributed by atoms with E-state index >= 15 is 0 Å². The van der Waals surface area contributed by atoms with Crippen molar-refractivity contribution in [1.29, 1.82) is 0 Å². The van der Waals surface area contributed by atoms with E-state index in [1.807, 2.05) is 5.32 Å². The number of carbonyl (C=O) groups excluding carboxylic acids is 5. The van der Waals surface area contributed by atoms with Gasteiger partial charge in [0.15, 0.2) is 6.61 Å². The van der Waals surface area contributed by atoms with Crippen molar-refractivity contribution in [2.45, 2.75) is 37.4 Å². The van der Waals surface area contributed by atoms with Crippen molar-refractivity contribution in [3.05, 3.63) is 29.8 Å². The quantitative estimate of drug-likeness (QED) is 0.692. The summed E-state index contributed by atoms with van der Waals surface area (Å²) in [5.74, 6) is -2.29. The number of benzene rings is 1. The Morgan fingerprint density at radius 3 is 2.62 bits per heavy atom. The second-order valence-electron chi connectivity index (χ2n) is 7.17. The number of esters is 1. The van der Waals surface area contributed by atoms with Crippen LogP contribution in [0, 0.1) is 0 Å². The number of fused-ring (bicyclic) bond motifs is 3. The number of urea groups is 1. The predicted molar refractivity (Wildman–Crippen MR) is 98.6 cm³/mol. The number of carbonyl (C=O) groups is 5. The number of amides is 5. The van der Waals surface area contributed by atoms with Crippen molar-refractivity contribution in [1.82, 2.24) is 15.5 Å². The minimum atomic E-state index is -1.61. The molecule has 1 aliphatic carbocycles. The van der Waals surface area contributed by atoms with Crippen LogP contribution in [0.1, 0.15) is 36.0 Å². The lowest BCUT2D eigenvalue weighted by Crippen LogP contribution is -2.69. The fraction of sp³-hybridized carbons (Fsp3) is 0.421. The van der Waals surface area contributed by atoms with E-state index in [4.69, 9.17) is 4.74 Å². The average molecular weight is 400 g/mol. The normalized spacial score (nSPS) is 22.7. The molecule has 4 rings (SSSR count). The molecule has 2 N–H and O–H groups in total. The van der Waals surface area contributed by atoms with Gasteiger partial charge in [-0.25, -0.2) is 9.59 Å². The van der Waals surface area contributed by atoms with Gasteiger partial charge >= 0.3 is 12.0 Å². The molecule has 10 nitrogen and oxygen atoms in total. The third-order valence-corrected chi connectivity index (χ3v) is 5.35. The monoisotopic (exact) mass is 400 g/mol. The summed E-state index contributed by atoms with van der Waals surface area (Å²) < 4.78 is 5.19. The first kappa shape index (κ1) is 18.9. The van der Waals surface area contributed by atoms with Crippen LogP contribution in [0.25, 0.3) is 0 Å². The minimum absolute atomic E-state index is 0.0738. The molecule has 1 atom stereocenters. The van der Waals surface area contributed by atoms with E-state index in [2.05, 4.69) is 5.32 Å². The summed E-state index contributed by atoms with van der Waals surface area (Å²) in [4.78, 5) is 65.0. The summed E-state index contributed by atoms with van der Waals surface area (Å²) in [7, 11) is 1.34. The van der Waals surface area contributed by atoms with Gasteiger partial charge in [0, 0.05) is 25.9 Å². The highest BCUT2D eigenvalue weighted by atomic mass is 16.5. The second kappa shape index (κ2) is 6.87. The van der Waals surface area contributed by atoms with Crippen molar-refractivity contribution < 1.29 is 28.7 Å². The largest absolute Gasteiger partial charge is 0.452 e. The summed E-state index contributed by atoms with van der Waals surface area (Å²) in [6.45, 7) is -0.704. The number of nitrogens with zero attached hydrogens (tertiary/aromatic N) is 2. The second-order valence-corrected chi connectivity index (χ2v) is 7.17. The number of anilines is 1. The zero-order valence-corrected chi connectivity index (χ0v) is 15.8. The van der Waals surface area contributed by atoms with Crippen molar-refractivity contribution in [3.8, 4) is 0 Å². The number of nitrogens with one attached hydrogen (secondary N) is 2. The van der Waals surface area contributed by atoms with Gasteiger partial charge in [0.2, 0.25) is 11.6 Å². The molecular formula is C19H20N4O6. The molecule has 2 aliphatic heterocycles. The Morgan fingerprint density at radius 2 is 1.93 bits per heavy atom. The molecule has 3 aliphatic rings. The Morgan fingerprint density at radius 1 is 1.21 bits per heavy atom. The highest BCUT2D eigenvalue weighted by Gasteiger charge is 2.64. The van der Waals surface area contributed by atoms with E-state index in [0.29, 0.717) is 11.3 Å². The standard InChI is InChI=1S/C19H20N4O6/c1-20-18(28)21-14(24)10-29-17(27)19-9-8-15(25)23(19)13-5-3-2-4-12(13)16(26)22(19)11-6-7-11/h2-5,11H,6-10H2,1H3,(H2,20,21,24,28)/t19-/m1/s1. The number of hydrogen-bond donors (Lipinski definition) is 2. The van der Waals surface area contributed by atoms with Crippen LogP contribution in [0.3, 0.4) is 0 Å². The average Bonchev–Trinajstić information content (AvgIpc) is 3.48. The molecule has 1 saturated heterocycles. The molecule has 2 heterocycles. The van der Waals surface area contributed by atoms with E-state index in [1.54, 1.807) is 24.3 Å². The topological polar surface area (TPSA) is 125 Å². The van der Waals surface area contributed by atoms with Crippen LogP contribution >= 0.6 is 0 Å². The Balaban J connectivity index is 1.68. The third kappa shape index (κ3) is 2.91. The van der Waals surface area contributed by atoms with E-state index in [0.717, 1.165) is 12.8 Å². The molecule has 1 aromatic rings. The first-order valence-electron chi connectivity index (χ1n) is 9.34. The Bertz CT molecular complexity index is 927. The first-order valence-corrected chi connectivity index (χ1v) is 9.34. The molecule has 2 fully saturated rings. The van der Waals surface area contributed by atoms with Crippen LogP contribution in [0.15, 0.2) is 24.3 Å². The molecule has 29 heavy (non-hydrogen) atoms. The fourth-order valence-electron chi connectivity index (χ4n) is 3.98. The van der Waals surface area contributed by atoms with Crippen molar-refractivity contribution in [2.75, 3.05) is 18.6 Å². The van der Waals surface area contributed by atoms with Crippen LogP contribution in [0.2, 0.25) is 0 Å². The lowest BCUT2D eigenvalue weighted by atomic mass is 9.96. The van der Waals surface area contributed by atoms with Gasteiger partial charge in [0.1, 0.15) is 0 Å². The lowest BCUT2D eigenvalue weighted by Gasteiger charge is -2.48. The fourth-order valence-corrected chi connectivity index (χ4v) is 3.98. The van der Waals surface area contributed by atoms with Gasteiger partial charge in [0.05, 0.1) is 11.3 Å². The smallest absolute Gasteiger partial charge is 0.354 e. The molecule has 0 aromatic heterocycles. The van der Waals surface area contributed by atoms with Crippen LogP contribution in [-0.2, 0) is 19.1 Å². The molecule has 10 heteroatoms. The van der Waals surface area contributed by atoms with Gasteiger partial charge in [-0.2, -0.15) is 0 Å². The van der Waals surface area contributed by atoms with Gasteiger partial charge in [-0.1, -0.05) is 12.1 Å². The molecule has 1 saturated carbocycles. The summed E-state index contributed by atoms with van der Waals surface area (Å²) in [5, 5.41) is 4.22. The van der Waals surface area contributed by atoms with Gasteiger partial charge in [-0.15, -0.1) is 0 Å². The Labute approximate surface area is 166 Å². The number of ether oxygens (including phenoxy) is 1. The zero-order valence-electron chi connectivity index (χ0n) is 15.8. The lowest BCUT2D eigenvalue weighted by molar-refractivity contribution is -0.160. The maximum atomic E-state index is 13.2. The summed E-state index contributed by atoms with van der Waals surface area (Å²) in [6, 6.07) is 5.75. The highest BCUT2D eigenvalue weighted by molar-refractivity contribution is 6.15. The first-order chi connectivity index (χ1) is 13.9. The van der Waals surface area contributed by atoms with Crippen molar-refractivity contribution in [3.63, 3.8) is 0 Å². The van der Waals surface area contributed by atoms with Crippen LogP contribution in [0.4, 0.5) is 10.5 Å². The van der Waals surface area contributed by atoms with Crippen LogP contribution < -0.4 is 15.5 Å². The summed E-state index contributed by atoms with van der Waals surface area (Å²) >= 11 is 0. The SMILES string of the molecule is CNC(=O)NC(=O)COC(=O)[C@@]12CCC(=O)N1c1ccccc1C(=O)N2C1CC1. The number of imide groups is 1. The predicted octanol–water partition coefficient (Wildman–Crippen LogP) is 0.127. The number of rotatable bonds is 4. The molecule has 0 radical (unpaired) electrons. The maximum absolute atomic E-state index is 13.2. The van der Waals surface area contributed by atoms with E-state index < -0.39 is 30.2 Å². The Kier molecular flexibility index (Phi) is 4.48. The molecule has 0 bridgehead atoms. The van der Waals surface area contributed by atoms with Gasteiger partial charge in [-0.05, 0) is 25.0 Å². The summed E-state index contributed by atoms with van der Waals surface area (Å²) in [5.41, 5.74) is -0.893. The third-order valence-electron chi connectivity index (χ3n) is 5.35. The number of para-hydroxylation sites is 1. The molecule has 0 unspecified atom stereocenters. The molecular weight excluding hydrogens is 380 g/mol. The molecule has 152 valence electrons. The highest BCUT2D eigenvalue weighted by Crippen LogP contribution is 2.49. The van der Waals surface area contributed by atoms with Crippen LogP contribution in [0.5, 0.6) is 0 Å². The summed E-state index contributed by atoms with van der Waals surface area (Å²) in [6.07, 6.45) is 1.60. The minimum Gasteiger partial charge on any atom is -0.452 e. The van der Waals surface area contributed by atoms with Gasteiger partial charge < -0.3 is 15.0 Å². The van der Waals surface area contributed by atoms with E-state index in [-0.39, 0.29) is 30.7 Å². The van der Waals surface area contributed by atoms with Gasteiger partial charge in [0.25, 0.3) is 11.8 Å². The van der Waals surface area contributed by atoms with Crippen molar-refractivity contribution >= 4 is 35.4 Å². The van der Waals surface area contributed by atoms with Gasteiger partial charge in [-0.3, -0.25) is 24.6 Å². The molecule has 1 aromatic carbocycles. The molecule has 0 spiro atoms. The molecule has 5 amide bonds. The maximum Gasteiger partial charge on any atom is 0.354 e. The van der Waals surface area contributed by atoms with Crippen molar-refractivity contribution in [2.24, 2.45) is 0 Å². The Hall–Kier alpha value is -3.43. The van der Waals surface area contributed by atoms with E-state index in [9.17, 15) is 24.0 Å².